The second kappa shape index (κ2) is 7.46. The van der Waals surface area contributed by atoms with E-state index in [2.05, 4.69) is 5.32 Å². The van der Waals surface area contributed by atoms with Crippen molar-refractivity contribution < 1.29 is 9.84 Å². The van der Waals surface area contributed by atoms with Crippen LogP contribution >= 0.6 is 0 Å². The van der Waals surface area contributed by atoms with Crippen molar-refractivity contribution in [3.8, 4) is 0 Å². The molecule has 2 rings (SSSR count). The summed E-state index contributed by atoms with van der Waals surface area (Å²) >= 11 is 0. The van der Waals surface area contributed by atoms with Gasteiger partial charge in [-0.05, 0) is 44.6 Å². The Kier molecular flexibility index (Phi) is 5.93. The Balaban J connectivity index is 1.61. The van der Waals surface area contributed by atoms with Crippen LogP contribution in [-0.4, -0.2) is 38.0 Å². The van der Waals surface area contributed by atoms with Crippen molar-refractivity contribution in [1.82, 2.24) is 5.32 Å². The predicted octanol–water partition coefficient (Wildman–Crippen LogP) is 2.34. The van der Waals surface area contributed by atoms with Gasteiger partial charge in [0.25, 0.3) is 0 Å². The minimum absolute atomic E-state index is 0.188. The van der Waals surface area contributed by atoms with Crippen molar-refractivity contribution in [1.29, 1.82) is 0 Å². The zero-order valence-electron chi connectivity index (χ0n) is 11.6. The predicted molar refractivity (Wildman–Crippen MR) is 73.6 cm³/mol. The van der Waals surface area contributed by atoms with Gasteiger partial charge in [-0.15, -0.1) is 0 Å². The Labute approximate surface area is 111 Å². The van der Waals surface area contributed by atoms with Crippen LogP contribution in [0.25, 0.3) is 0 Å². The SMILES string of the molecule is OCC1(CCCCC2CCOCC2)CCCNC1. The number of ether oxygens (including phenoxy) is 1. The summed E-state index contributed by atoms with van der Waals surface area (Å²) in [4.78, 5) is 0. The molecule has 2 fully saturated rings. The molecule has 2 heterocycles. The van der Waals surface area contributed by atoms with E-state index in [-0.39, 0.29) is 5.41 Å². The van der Waals surface area contributed by atoms with Gasteiger partial charge in [-0.3, -0.25) is 0 Å². The third-order valence-corrected chi connectivity index (χ3v) is 4.81. The van der Waals surface area contributed by atoms with Crippen molar-refractivity contribution in [3.63, 3.8) is 0 Å². The molecule has 0 radical (unpaired) electrons. The standard InChI is InChI=1S/C15H29NO2/c17-13-15(8-3-9-16-12-15)7-2-1-4-14-5-10-18-11-6-14/h14,16-17H,1-13H2. The van der Waals surface area contributed by atoms with E-state index in [0.717, 1.165) is 32.2 Å². The van der Waals surface area contributed by atoms with Crippen molar-refractivity contribution in [3.05, 3.63) is 0 Å². The first-order valence-electron chi connectivity index (χ1n) is 7.74. The normalized spacial score (nSPS) is 30.5. The van der Waals surface area contributed by atoms with E-state index >= 15 is 0 Å². The quantitative estimate of drug-likeness (QED) is 0.716. The van der Waals surface area contributed by atoms with Crippen molar-refractivity contribution in [2.75, 3.05) is 32.9 Å². The van der Waals surface area contributed by atoms with Gasteiger partial charge in [0, 0.05) is 31.8 Å². The molecule has 0 aromatic carbocycles. The lowest BCUT2D eigenvalue weighted by atomic mass is 9.77. The lowest BCUT2D eigenvalue weighted by Crippen LogP contribution is -2.42. The molecule has 0 amide bonds. The summed E-state index contributed by atoms with van der Waals surface area (Å²) in [5.41, 5.74) is 0.188. The van der Waals surface area contributed by atoms with Gasteiger partial charge < -0.3 is 15.2 Å². The van der Waals surface area contributed by atoms with Gasteiger partial charge >= 0.3 is 0 Å². The number of unbranched alkanes of at least 4 members (excludes halogenated alkanes) is 1. The Morgan fingerprint density at radius 1 is 1.22 bits per heavy atom. The number of aliphatic hydroxyl groups excluding tert-OH is 1. The van der Waals surface area contributed by atoms with Crippen LogP contribution in [0.3, 0.4) is 0 Å². The summed E-state index contributed by atoms with van der Waals surface area (Å²) in [6.45, 7) is 4.44. The van der Waals surface area contributed by atoms with E-state index in [4.69, 9.17) is 4.74 Å². The first kappa shape index (κ1) is 14.3. The molecular formula is C15H29NO2. The molecule has 106 valence electrons. The number of nitrogens with one attached hydrogen (secondary N) is 1. The van der Waals surface area contributed by atoms with Crippen LogP contribution in [0.1, 0.15) is 51.4 Å². The van der Waals surface area contributed by atoms with Gasteiger partial charge in [-0.2, -0.15) is 0 Å². The average molecular weight is 255 g/mol. The molecule has 0 bridgehead atoms. The number of hydrogen-bond donors (Lipinski definition) is 2. The van der Waals surface area contributed by atoms with Crippen LogP contribution in [0.2, 0.25) is 0 Å². The summed E-state index contributed by atoms with van der Waals surface area (Å²) in [5, 5.41) is 13.1. The van der Waals surface area contributed by atoms with Gasteiger partial charge in [-0.25, -0.2) is 0 Å². The van der Waals surface area contributed by atoms with E-state index in [0.29, 0.717) is 6.61 Å². The molecule has 2 aliphatic rings. The van der Waals surface area contributed by atoms with Gasteiger partial charge in [-0.1, -0.05) is 19.3 Å². The average Bonchev–Trinajstić information content (AvgIpc) is 2.46. The summed E-state index contributed by atoms with van der Waals surface area (Å²) in [7, 11) is 0. The van der Waals surface area contributed by atoms with Gasteiger partial charge in [0.05, 0.1) is 0 Å². The van der Waals surface area contributed by atoms with Crippen molar-refractivity contribution in [2.45, 2.75) is 51.4 Å². The first-order chi connectivity index (χ1) is 8.85. The maximum Gasteiger partial charge on any atom is 0.0499 e. The Hall–Kier alpha value is -0.120. The number of aliphatic hydroxyl groups is 1. The highest BCUT2D eigenvalue weighted by Crippen LogP contribution is 2.32. The maximum atomic E-state index is 9.63. The Bertz CT molecular complexity index is 221. The lowest BCUT2D eigenvalue weighted by Gasteiger charge is -2.36. The molecule has 2 N–H and O–H groups in total. The zero-order valence-corrected chi connectivity index (χ0v) is 11.6. The number of rotatable bonds is 6. The zero-order chi connectivity index (χ0) is 12.7. The number of piperidine rings is 1. The first-order valence-corrected chi connectivity index (χ1v) is 7.74. The summed E-state index contributed by atoms with van der Waals surface area (Å²) in [5.74, 6) is 0.897. The molecule has 0 spiro atoms. The lowest BCUT2D eigenvalue weighted by molar-refractivity contribution is 0.0606. The van der Waals surface area contributed by atoms with Crippen LogP contribution in [-0.2, 0) is 4.74 Å². The highest BCUT2D eigenvalue weighted by molar-refractivity contribution is 4.84. The van der Waals surface area contributed by atoms with E-state index in [1.54, 1.807) is 0 Å². The molecule has 3 heteroatoms. The Morgan fingerprint density at radius 3 is 2.72 bits per heavy atom. The molecule has 0 aromatic rings. The molecule has 1 atom stereocenters. The van der Waals surface area contributed by atoms with Crippen molar-refractivity contribution >= 4 is 0 Å². The van der Waals surface area contributed by atoms with E-state index in [1.165, 1.54) is 51.4 Å². The summed E-state index contributed by atoms with van der Waals surface area (Å²) in [6.07, 6.45) is 10.1. The van der Waals surface area contributed by atoms with Gasteiger partial charge in [0.15, 0.2) is 0 Å². The molecule has 2 saturated heterocycles. The molecule has 0 aromatic heterocycles. The molecule has 0 aliphatic carbocycles. The molecule has 1 unspecified atom stereocenters. The summed E-state index contributed by atoms with van der Waals surface area (Å²) in [6, 6.07) is 0. The van der Waals surface area contributed by atoms with E-state index in [9.17, 15) is 5.11 Å². The second-order valence-electron chi connectivity index (χ2n) is 6.24. The molecule has 18 heavy (non-hydrogen) atoms. The minimum Gasteiger partial charge on any atom is -0.396 e. The van der Waals surface area contributed by atoms with E-state index in [1.807, 2.05) is 0 Å². The highest BCUT2D eigenvalue weighted by Gasteiger charge is 2.30. The van der Waals surface area contributed by atoms with Crippen LogP contribution in [0.15, 0.2) is 0 Å². The molecular weight excluding hydrogens is 226 g/mol. The Morgan fingerprint density at radius 2 is 2.06 bits per heavy atom. The van der Waals surface area contributed by atoms with E-state index < -0.39 is 0 Å². The second-order valence-corrected chi connectivity index (χ2v) is 6.24. The van der Waals surface area contributed by atoms with Crippen LogP contribution in [0, 0.1) is 11.3 Å². The fourth-order valence-corrected chi connectivity index (χ4v) is 3.43. The van der Waals surface area contributed by atoms with Crippen LogP contribution in [0.5, 0.6) is 0 Å². The fraction of sp³-hybridized carbons (Fsp3) is 1.00. The highest BCUT2D eigenvalue weighted by atomic mass is 16.5. The van der Waals surface area contributed by atoms with Gasteiger partial charge in [0.1, 0.15) is 0 Å². The monoisotopic (exact) mass is 255 g/mol. The molecule has 2 aliphatic heterocycles. The fourth-order valence-electron chi connectivity index (χ4n) is 3.43. The van der Waals surface area contributed by atoms with Gasteiger partial charge in [0.2, 0.25) is 0 Å². The third kappa shape index (κ3) is 4.22. The minimum atomic E-state index is 0.188. The van der Waals surface area contributed by atoms with Crippen LogP contribution in [0.4, 0.5) is 0 Å². The molecule has 0 saturated carbocycles. The third-order valence-electron chi connectivity index (χ3n) is 4.81. The topological polar surface area (TPSA) is 41.5 Å². The number of hydrogen-bond acceptors (Lipinski definition) is 3. The maximum absolute atomic E-state index is 9.63. The smallest absolute Gasteiger partial charge is 0.0499 e. The van der Waals surface area contributed by atoms with Crippen LogP contribution < -0.4 is 5.32 Å². The van der Waals surface area contributed by atoms with Crippen molar-refractivity contribution in [2.24, 2.45) is 11.3 Å². The molecule has 3 nitrogen and oxygen atoms in total. The summed E-state index contributed by atoms with van der Waals surface area (Å²) < 4.78 is 5.39. The largest absolute Gasteiger partial charge is 0.396 e.